The van der Waals surface area contributed by atoms with E-state index in [9.17, 15) is 9.59 Å². The van der Waals surface area contributed by atoms with Crippen LogP contribution in [0.3, 0.4) is 0 Å². The highest BCUT2D eigenvalue weighted by atomic mass is 35.5. The number of nitrogens with zero attached hydrogens (tertiary/aromatic N) is 2. The number of rotatable bonds is 6. The predicted molar refractivity (Wildman–Crippen MR) is 121 cm³/mol. The summed E-state index contributed by atoms with van der Waals surface area (Å²) in [4.78, 5) is 30.3. The zero-order valence-corrected chi connectivity index (χ0v) is 18.6. The molecular formula is C21H21Cl2N3O2S. The number of carbonyl (C=O) groups is 1. The first-order valence-corrected chi connectivity index (χ1v) is 10.8. The molecular weight excluding hydrogens is 429 g/mol. The molecule has 3 rings (SSSR count). The van der Waals surface area contributed by atoms with Crippen molar-refractivity contribution < 1.29 is 4.79 Å². The Balaban J connectivity index is 2.08. The lowest BCUT2D eigenvalue weighted by Gasteiger charge is -2.17. The quantitative estimate of drug-likeness (QED) is 0.427. The lowest BCUT2D eigenvalue weighted by molar-refractivity contribution is -0.120. The van der Waals surface area contributed by atoms with Crippen molar-refractivity contribution in [1.29, 1.82) is 0 Å². The second-order valence-electron chi connectivity index (χ2n) is 7.07. The number of hydrogen-bond acceptors (Lipinski definition) is 4. The van der Waals surface area contributed by atoms with Gasteiger partial charge in [-0.1, -0.05) is 48.8 Å². The van der Waals surface area contributed by atoms with Gasteiger partial charge < -0.3 is 5.32 Å². The number of amides is 1. The standard InChI is InChI=1S/C21H21Cl2N3O2S/c1-12(2)11-24-19(27)13(3)29-21-25-18-10-15(23)6-9-17(18)20(28)26(21)16-7-4-14(22)5-8-16/h4-10,12-13H,11H2,1-3H3,(H,24,27). The molecule has 3 aromatic rings. The molecule has 0 radical (unpaired) electrons. The molecule has 0 bridgehead atoms. The van der Waals surface area contributed by atoms with Crippen molar-refractivity contribution in [2.45, 2.75) is 31.2 Å². The molecule has 0 spiro atoms. The van der Waals surface area contributed by atoms with Gasteiger partial charge >= 0.3 is 0 Å². The van der Waals surface area contributed by atoms with E-state index in [4.69, 9.17) is 23.2 Å². The Morgan fingerprint density at radius 2 is 1.76 bits per heavy atom. The van der Waals surface area contributed by atoms with Crippen LogP contribution in [0, 0.1) is 5.92 Å². The Kier molecular flexibility index (Phi) is 6.88. The summed E-state index contributed by atoms with van der Waals surface area (Å²) in [6, 6.07) is 11.9. The minimum atomic E-state index is -0.434. The van der Waals surface area contributed by atoms with Gasteiger partial charge in [-0.3, -0.25) is 14.2 Å². The van der Waals surface area contributed by atoms with Crippen LogP contribution in [0.5, 0.6) is 0 Å². The SMILES string of the molecule is CC(C)CNC(=O)C(C)Sc1nc2cc(Cl)ccc2c(=O)n1-c1ccc(Cl)cc1. The summed E-state index contributed by atoms with van der Waals surface area (Å²) in [5, 5.41) is 4.41. The Morgan fingerprint density at radius 1 is 1.10 bits per heavy atom. The molecule has 1 unspecified atom stereocenters. The molecule has 1 N–H and O–H groups in total. The summed E-state index contributed by atoms with van der Waals surface area (Å²) in [5.41, 5.74) is 0.886. The van der Waals surface area contributed by atoms with E-state index >= 15 is 0 Å². The number of thioether (sulfide) groups is 1. The van der Waals surface area contributed by atoms with Crippen molar-refractivity contribution in [3.8, 4) is 5.69 Å². The molecule has 1 amide bonds. The average molecular weight is 450 g/mol. The average Bonchev–Trinajstić information content (AvgIpc) is 2.67. The smallest absolute Gasteiger partial charge is 0.266 e. The van der Waals surface area contributed by atoms with Crippen LogP contribution in [0.1, 0.15) is 20.8 Å². The first kappa shape index (κ1) is 21.7. The van der Waals surface area contributed by atoms with E-state index in [1.54, 1.807) is 49.4 Å². The lowest BCUT2D eigenvalue weighted by atomic mass is 10.2. The van der Waals surface area contributed by atoms with Crippen molar-refractivity contribution in [2.24, 2.45) is 5.92 Å². The second-order valence-corrected chi connectivity index (χ2v) is 9.25. The summed E-state index contributed by atoms with van der Waals surface area (Å²) in [5.74, 6) is 0.246. The number of carbonyl (C=O) groups excluding carboxylic acids is 1. The van der Waals surface area contributed by atoms with Gasteiger partial charge in [0.05, 0.1) is 21.8 Å². The molecule has 0 saturated heterocycles. The number of fused-ring (bicyclic) bond motifs is 1. The largest absolute Gasteiger partial charge is 0.355 e. The topological polar surface area (TPSA) is 64.0 Å². The number of nitrogens with one attached hydrogen (secondary N) is 1. The fraction of sp³-hybridized carbons (Fsp3) is 0.286. The monoisotopic (exact) mass is 449 g/mol. The van der Waals surface area contributed by atoms with Gasteiger partial charge in [0.15, 0.2) is 5.16 Å². The Labute approximate surface area is 183 Å². The Morgan fingerprint density at radius 3 is 2.41 bits per heavy atom. The molecule has 0 saturated carbocycles. The van der Waals surface area contributed by atoms with Crippen molar-refractivity contribution in [3.05, 3.63) is 62.9 Å². The van der Waals surface area contributed by atoms with E-state index in [0.29, 0.717) is 44.3 Å². The van der Waals surface area contributed by atoms with E-state index in [0.717, 1.165) is 0 Å². The molecule has 0 aliphatic rings. The van der Waals surface area contributed by atoms with Gasteiger partial charge in [0, 0.05) is 16.6 Å². The highest BCUT2D eigenvalue weighted by Crippen LogP contribution is 2.26. The van der Waals surface area contributed by atoms with Crippen molar-refractivity contribution in [2.75, 3.05) is 6.54 Å². The second kappa shape index (κ2) is 9.20. The zero-order valence-electron chi connectivity index (χ0n) is 16.3. The number of hydrogen-bond donors (Lipinski definition) is 1. The first-order chi connectivity index (χ1) is 13.8. The van der Waals surface area contributed by atoms with Crippen LogP contribution in [0.2, 0.25) is 10.0 Å². The van der Waals surface area contributed by atoms with Crippen LogP contribution in [-0.4, -0.2) is 27.3 Å². The fourth-order valence-electron chi connectivity index (χ4n) is 2.70. The summed E-state index contributed by atoms with van der Waals surface area (Å²) in [6.45, 7) is 6.45. The van der Waals surface area contributed by atoms with E-state index < -0.39 is 5.25 Å². The molecule has 1 heterocycles. The molecule has 29 heavy (non-hydrogen) atoms. The molecule has 1 aromatic heterocycles. The maximum atomic E-state index is 13.2. The summed E-state index contributed by atoms with van der Waals surface area (Å²) in [6.07, 6.45) is 0. The van der Waals surface area contributed by atoms with Crippen LogP contribution in [0.4, 0.5) is 0 Å². The third-order valence-electron chi connectivity index (χ3n) is 4.22. The minimum absolute atomic E-state index is 0.105. The normalized spacial score (nSPS) is 12.3. The van der Waals surface area contributed by atoms with Gasteiger partial charge in [-0.05, 0) is 55.3 Å². The molecule has 1 atom stereocenters. The Hall–Kier alpha value is -2.02. The maximum absolute atomic E-state index is 13.2. The summed E-state index contributed by atoms with van der Waals surface area (Å²) in [7, 11) is 0. The van der Waals surface area contributed by atoms with Crippen LogP contribution in [0.25, 0.3) is 16.6 Å². The van der Waals surface area contributed by atoms with Crippen LogP contribution < -0.4 is 10.9 Å². The number of aromatic nitrogens is 2. The lowest BCUT2D eigenvalue weighted by Crippen LogP contribution is -2.34. The summed E-state index contributed by atoms with van der Waals surface area (Å²) >= 11 is 13.3. The van der Waals surface area contributed by atoms with E-state index in [1.165, 1.54) is 16.3 Å². The molecule has 8 heteroatoms. The van der Waals surface area contributed by atoms with E-state index in [1.807, 2.05) is 13.8 Å². The first-order valence-electron chi connectivity index (χ1n) is 9.19. The van der Waals surface area contributed by atoms with Crippen molar-refractivity contribution >= 4 is 51.8 Å². The number of benzene rings is 2. The van der Waals surface area contributed by atoms with Crippen LogP contribution in [0.15, 0.2) is 52.4 Å². The van der Waals surface area contributed by atoms with Crippen molar-refractivity contribution in [1.82, 2.24) is 14.9 Å². The molecule has 0 aliphatic heterocycles. The molecule has 2 aromatic carbocycles. The third kappa shape index (κ3) is 5.13. The van der Waals surface area contributed by atoms with Gasteiger partial charge in [-0.25, -0.2) is 4.98 Å². The molecule has 0 aliphatic carbocycles. The number of halogens is 2. The van der Waals surface area contributed by atoms with Gasteiger partial charge in [-0.15, -0.1) is 0 Å². The predicted octanol–water partition coefficient (Wildman–Crippen LogP) is 4.95. The van der Waals surface area contributed by atoms with Crippen LogP contribution in [-0.2, 0) is 4.79 Å². The van der Waals surface area contributed by atoms with Gasteiger partial charge in [-0.2, -0.15) is 0 Å². The van der Waals surface area contributed by atoms with Crippen molar-refractivity contribution in [3.63, 3.8) is 0 Å². The third-order valence-corrected chi connectivity index (χ3v) is 5.76. The zero-order chi connectivity index (χ0) is 21.1. The highest BCUT2D eigenvalue weighted by molar-refractivity contribution is 8.00. The molecule has 5 nitrogen and oxygen atoms in total. The summed E-state index contributed by atoms with van der Waals surface area (Å²) < 4.78 is 1.50. The maximum Gasteiger partial charge on any atom is 0.266 e. The van der Waals surface area contributed by atoms with Gasteiger partial charge in [0.2, 0.25) is 5.91 Å². The minimum Gasteiger partial charge on any atom is -0.355 e. The Bertz CT molecular complexity index is 1100. The van der Waals surface area contributed by atoms with E-state index in [-0.39, 0.29) is 11.5 Å². The molecule has 152 valence electrons. The van der Waals surface area contributed by atoms with Crippen LogP contribution >= 0.6 is 35.0 Å². The van der Waals surface area contributed by atoms with E-state index in [2.05, 4.69) is 10.3 Å². The molecule has 0 fully saturated rings. The fourth-order valence-corrected chi connectivity index (χ4v) is 3.94. The van der Waals surface area contributed by atoms with Gasteiger partial charge in [0.25, 0.3) is 5.56 Å². The van der Waals surface area contributed by atoms with Gasteiger partial charge in [0.1, 0.15) is 0 Å². The highest BCUT2D eigenvalue weighted by Gasteiger charge is 2.20.